The quantitative estimate of drug-likeness (QED) is 0.682. The second-order valence-corrected chi connectivity index (χ2v) is 4.85. The number of rotatable bonds is 6. The molecule has 0 saturated heterocycles. The van der Waals surface area contributed by atoms with Gasteiger partial charge < -0.3 is 24.0 Å². The molecule has 2 heterocycles. The second kappa shape index (κ2) is 5.63. The van der Waals surface area contributed by atoms with E-state index in [0.717, 1.165) is 5.39 Å². The van der Waals surface area contributed by atoms with E-state index in [-0.39, 0.29) is 0 Å². The van der Waals surface area contributed by atoms with Crippen LogP contribution in [0.4, 0.5) is 0 Å². The van der Waals surface area contributed by atoms with Crippen LogP contribution in [0.25, 0.3) is 11.0 Å². The fourth-order valence-electron chi connectivity index (χ4n) is 2.26. The third-order valence-corrected chi connectivity index (χ3v) is 3.41. The molecule has 0 radical (unpaired) electrons. The number of furan rings is 2. The molecule has 0 fully saturated rings. The largest absolute Gasteiger partial charge is 0.472 e. The zero-order valence-electron chi connectivity index (χ0n) is 11.7. The summed E-state index contributed by atoms with van der Waals surface area (Å²) in [5, 5.41) is 14.8. The lowest BCUT2D eigenvalue weighted by molar-refractivity contribution is -0.150. The lowest BCUT2D eigenvalue weighted by Gasteiger charge is -2.28. The molecule has 0 saturated carbocycles. The Kier molecular flexibility index (Phi) is 3.68. The maximum absolute atomic E-state index is 10.9. The van der Waals surface area contributed by atoms with Gasteiger partial charge in [-0.3, -0.25) is 0 Å². The van der Waals surface area contributed by atoms with Crippen LogP contribution in [0.15, 0.2) is 58.0 Å². The molecule has 0 aliphatic heterocycles. The molecule has 21 heavy (non-hydrogen) atoms. The average molecular weight is 287 g/mol. The van der Waals surface area contributed by atoms with Gasteiger partial charge >= 0.3 is 0 Å². The Hall–Kier alpha value is -2.24. The number of aliphatic hydroxyl groups is 1. The van der Waals surface area contributed by atoms with Crippen molar-refractivity contribution in [3.8, 4) is 5.75 Å². The first-order chi connectivity index (χ1) is 10.2. The minimum absolute atomic E-state index is 0.375. The predicted molar refractivity (Wildman–Crippen MR) is 78.0 cm³/mol. The summed E-state index contributed by atoms with van der Waals surface area (Å²) in [5.41, 5.74) is 1.19. The van der Waals surface area contributed by atoms with Crippen LogP contribution in [0, 0.1) is 0 Å². The van der Waals surface area contributed by atoms with Crippen molar-refractivity contribution in [3.05, 3.63) is 54.7 Å². The van der Waals surface area contributed by atoms with Crippen LogP contribution in [0.1, 0.15) is 12.0 Å². The molecular weight excluding hydrogens is 270 g/mol. The molecule has 0 aliphatic rings. The lowest BCUT2D eigenvalue weighted by atomic mass is 10.1. The van der Waals surface area contributed by atoms with Crippen LogP contribution in [-0.4, -0.2) is 18.7 Å². The van der Waals surface area contributed by atoms with Crippen LogP contribution < -0.4 is 10.1 Å². The minimum atomic E-state index is -1.48. The van der Waals surface area contributed by atoms with E-state index in [1.54, 1.807) is 18.4 Å². The first kappa shape index (κ1) is 13.7. The van der Waals surface area contributed by atoms with Crippen LogP contribution in [0.5, 0.6) is 5.75 Å². The van der Waals surface area contributed by atoms with Gasteiger partial charge in [0.1, 0.15) is 0 Å². The molecule has 5 nitrogen and oxygen atoms in total. The summed E-state index contributed by atoms with van der Waals surface area (Å²) in [4.78, 5) is 0. The molecule has 0 aliphatic carbocycles. The normalized spacial score (nSPS) is 14.2. The van der Waals surface area contributed by atoms with Gasteiger partial charge in [0.2, 0.25) is 5.79 Å². The maximum Gasteiger partial charge on any atom is 0.239 e. The van der Waals surface area contributed by atoms with Crippen molar-refractivity contribution in [3.63, 3.8) is 0 Å². The van der Waals surface area contributed by atoms with Crippen molar-refractivity contribution < 1.29 is 18.7 Å². The summed E-state index contributed by atoms with van der Waals surface area (Å²) in [5.74, 6) is -0.978. The van der Waals surface area contributed by atoms with Crippen molar-refractivity contribution in [2.45, 2.75) is 12.2 Å². The molecule has 0 bridgehead atoms. The smallest absolute Gasteiger partial charge is 0.239 e. The SMILES string of the molecule is CNCCC(O)(Oc1cccc2ccoc12)c1ccoc1. The summed E-state index contributed by atoms with van der Waals surface area (Å²) in [6, 6.07) is 9.11. The number of para-hydroxylation sites is 1. The molecule has 1 unspecified atom stereocenters. The monoisotopic (exact) mass is 287 g/mol. The highest BCUT2D eigenvalue weighted by atomic mass is 16.6. The Bertz CT molecular complexity index is 704. The van der Waals surface area contributed by atoms with Crippen molar-refractivity contribution in [1.29, 1.82) is 0 Å². The Morgan fingerprint density at radius 1 is 1.24 bits per heavy atom. The molecule has 0 amide bonds. The number of fused-ring (bicyclic) bond motifs is 1. The van der Waals surface area contributed by atoms with Gasteiger partial charge in [0.25, 0.3) is 0 Å². The van der Waals surface area contributed by atoms with Crippen molar-refractivity contribution in [2.24, 2.45) is 0 Å². The summed E-state index contributed by atoms with van der Waals surface area (Å²) >= 11 is 0. The number of nitrogens with one attached hydrogen (secondary N) is 1. The number of benzene rings is 1. The maximum atomic E-state index is 10.9. The zero-order valence-corrected chi connectivity index (χ0v) is 11.7. The van der Waals surface area contributed by atoms with E-state index in [4.69, 9.17) is 13.6 Å². The summed E-state index contributed by atoms with van der Waals surface area (Å²) in [7, 11) is 1.82. The van der Waals surface area contributed by atoms with Gasteiger partial charge in [0.15, 0.2) is 11.3 Å². The molecule has 0 spiro atoms. The molecule has 2 N–H and O–H groups in total. The van der Waals surface area contributed by atoms with Gasteiger partial charge in [-0.05, 0) is 25.2 Å². The zero-order chi connectivity index (χ0) is 14.7. The topological polar surface area (TPSA) is 67.8 Å². The molecule has 110 valence electrons. The molecule has 2 aromatic heterocycles. The first-order valence-electron chi connectivity index (χ1n) is 6.78. The highest BCUT2D eigenvalue weighted by molar-refractivity contribution is 5.82. The van der Waals surface area contributed by atoms with Crippen LogP contribution in [0.3, 0.4) is 0 Å². The number of hydrogen-bond donors (Lipinski definition) is 2. The van der Waals surface area contributed by atoms with Crippen molar-refractivity contribution in [1.82, 2.24) is 5.32 Å². The van der Waals surface area contributed by atoms with Crippen LogP contribution in [-0.2, 0) is 5.79 Å². The van der Waals surface area contributed by atoms with Crippen molar-refractivity contribution >= 4 is 11.0 Å². The highest BCUT2D eigenvalue weighted by Crippen LogP contribution is 2.34. The van der Waals surface area contributed by atoms with Crippen LogP contribution in [0.2, 0.25) is 0 Å². The van der Waals surface area contributed by atoms with E-state index in [9.17, 15) is 5.11 Å². The van der Waals surface area contributed by atoms with E-state index >= 15 is 0 Å². The van der Waals surface area contributed by atoms with Gasteiger partial charge in [-0.1, -0.05) is 12.1 Å². The third kappa shape index (κ3) is 2.66. The summed E-state index contributed by atoms with van der Waals surface area (Å²) in [6.07, 6.45) is 4.97. The van der Waals surface area contributed by atoms with E-state index in [0.29, 0.717) is 29.9 Å². The molecule has 3 rings (SSSR count). The fraction of sp³-hybridized carbons (Fsp3) is 0.250. The molecule has 1 atom stereocenters. The lowest BCUT2D eigenvalue weighted by Crippen LogP contribution is -2.35. The standard InChI is InChI=1S/C16H17NO4/c1-17-8-7-16(18,13-6-9-19-11-13)21-14-4-2-3-12-5-10-20-15(12)14/h2-6,9-11,17-18H,7-8H2,1H3. The van der Waals surface area contributed by atoms with Gasteiger partial charge in [0, 0.05) is 18.4 Å². The summed E-state index contributed by atoms with van der Waals surface area (Å²) < 4.78 is 16.4. The molecular formula is C16H17NO4. The van der Waals surface area contributed by atoms with Gasteiger partial charge in [-0.25, -0.2) is 0 Å². The predicted octanol–water partition coefficient (Wildman–Crippen LogP) is 2.86. The fourth-order valence-corrected chi connectivity index (χ4v) is 2.26. The number of hydrogen-bond acceptors (Lipinski definition) is 5. The van der Waals surface area contributed by atoms with E-state index in [1.807, 2.05) is 25.2 Å². The third-order valence-electron chi connectivity index (χ3n) is 3.41. The summed E-state index contributed by atoms with van der Waals surface area (Å²) in [6.45, 7) is 0.593. The minimum Gasteiger partial charge on any atom is -0.472 e. The Morgan fingerprint density at radius 2 is 2.14 bits per heavy atom. The molecule has 3 aromatic rings. The molecule has 1 aromatic carbocycles. The second-order valence-electron chi connectivity index (χ2n) is 4.85. The average Bonchev–Trinajstić information content (AvgIpc) is 3.16. The van der Waals surface area contributed by atoms with E-state index in [2.05, 4.69) is 5.32 Å². The van der Waals surface area contributed by atoms with E-state index < -0.39 is 5.79 Å². The van der Waals surface area contributed by atoms with Gasteiger partial charge in [-0.2, -0.15) is 0 Å². The van der Waals surface area contributed by atoms with Gasteiger partial charge in [0.05, 0.1) is 24.4 Å². The number of ether oxygens (including phenoxy) is 1. The highest BCUT2D eigenvalue weighted by Gasteiger charge is 2.33. The Morgan fingerprint density at radius 3 is 2.90 bits per heavy atom. The van der Waals surface area contributed by atoms with E-state index in [1.165, 1.54) is 12.5 Å². The van der Waals surface area contributed by atoms with Gasteiger partial charge in [-0.15, -0.1) is 0 Å². The van der Waals surface area contributed by atoms with Crippen LogP contribution >= 0.6 is 0 Å². The molecule has 5 heteroatoms. The van der Waals surface area contributed by atoms with Crippen molar-refractivity contribution in [2.75, 3.05) is 13.6 Å². The first-order valence-corrected chi connectivity index (χ1v) is 6.78. The Labute approximate surface area is 122 Å². The Balaban J connectivity index is 1.96.